The highest BCUT2D eigenvalue weighted by Gasteiger charge is 2.21. The van der Waals surface area contributed by atoms with E-state index < -0.39 is 0 Å². The van der Waals surface area contributed by atoms with E-state index in [1.54, 1.807) is 0 Å². The van der Waals surface area contributed by atoms with Gasteiger partial charge in [-0.05, 0) is 18.8 Å². The minimum absolute atomic E-state index is 0.827. The minimum atomic E-state index is 0.827. The van der Waals surface area contributed by atoms with Crippen molar-refractivity contribution in [3.8, 4) is 0 Å². The van der Waals surface area contributed by atoms with E-state index in [0.717, 1.165) is 24.3 Å². The van der Waals surface area contributed by atoms with Crippen molar-refractivity contribution in [3.05, 3.63) is 0 Å². The summed E-state index contributed by atoms with van der Waals surface area (Å²) in [5, 5.41) is 5.35. The lowest BCUT2D eigenvalue weighted by Gasteiger charge is -2.25. The minimum Gasteiger partial charge on any atom is -0.363 e. The summed E-state index contributed by atoms with van der Waals surface area (Å²) in [5.41, 5.74) is 0. The van der Waals surface area contributed by atoms with Gasteiger partial charge in [0.25, 0.3) is 0 Å². The molecule has 1 N–H and O–H groups in total. The standard InChI is InChI=1S/C10H18N2S/c1-8-3-2-4-9(7-8)13-10-11-5-6-12-10/h8-9H,2-7H2,1H3,(H,11,12). The molecule has 2 aliphatic rings. The molecule has 0 bridgehead atoms. The summed E-state index contributed by atoms with van der Waals surface area (Å²) >= 11 is 1.97. The molecule has 0 radical (unpaired) electrons. The average Bonchev–Trinajstić information content (AvgIpc) is 2.57. The first-order valence-electron chi connectivity index (χ1n) is 5.29. The maximum atomic E-state index is 4.42. The zero-order valence-corrected chi connectivity index (χ0v) is 9.07. The number of nitrogens with one attached hydrogen (secondary N) is 1. The Morgan fingerprint density at radius 3 is 3.08 bits per heavy atom. The third kappa shape index (κ3) is 2.63. The summed E-state index contributed by atoms with van der Waals surface area (Å²) in [6, 6.07) is 0. The second kappa shape index (κ2) is 4.36. The second-order valence-electron chi connectivity index (χ2n) is 4.13. The number of aliphatic imine (C=N–C) groups is 1. The second-order valence-corrected chi connectivity index (χ2v) is 5.41. The fourth-order valence-electron chi connectivity index (χ4n) is 2.10. The van der Waals surface area contributed by atoms with Crippen molar-refractivity contribution in [2.75, 3.05) is 13.1 Å². The van der Waals surface area contributed by atoms with Crippen LogP contribution in [-0.2, 0) is 0 Å². The fraction of sp³-hybridized carbons (Fsp3) is 0.900. The number of amidine groups is 1. The third-order valence-corrected chi connectivity index (χ3v) is 4.07. The maximum absolute atomic E-state index is 4.42. The molecule has 2 unspecified atom stereocenters. The van der Waals surface area contributed by atoms with Crippen LogP contribution in [0.1, 0.15) is 32.6 Å². The molecule has 0 spiro atoms. The van der Waals surface area contributed by atoms with Crippen molar-refractivity contribution >= 4 is 16.9 Å². The van der Waals surface area contributed by atoms with E-state index in [4.69, 9.17) is 0 Å². The van der Waals surface area contributed by atoms with Crippen LogP contribution >= 0.6 is 11.8 Å². The molecule has 0 saturated heterocycles. The first-order valence-corrected chi connectivity index (χ1v) is 6.17. The molecular weight excluding hydrogens is 180 g/mol. The van der Waals surface area contributed by atoms with Gasteiger partial charge in [-0.25, -0.2) is 0 Å². The molecular formula is C10H18N2S. The lowest BCUT2D eigenvalue weighted by molar-refractivity contribution is 0.395. The molecule has 0 amide bonds. The van der Waals surface area contributed by atoms with Gasteiger partial charge in [0.2, 0.25) is 0 Å². The van der Waals surface area contributed by atoms with E-state index in [1.165, 1.54) is 30.9 Å². The van der Waals surface area contributed by atoms with E-state index in [2.05, 4.69) is 17.2 Å². The fourth-order valence-corrected chi connectivity index (χ4v) is 3.47. The normalized spacial score (nSPS) is 34.1. The van der Waals surface area contributed by atoms with E-state index in [0.29, 0.717) is 0 Å². The lowest BCUT2D eigenvalue weighted by Crippen LogP contribution is -2.22. The summed E-state index contributed by atoms with van der Waals surface area (Å²) in [7, 11) is 0. The summed E-state index contributed by atoms with van der Waals surface area (Å²) in [6.45, 7) is 4.39. The van der Waals surface area contributed by atoms with Crippen LogP contribution < -0.4 is 5.32 Å². The zero-order chi connectivity index (χ0) is 9.10. The molecule has 2 atom stereocenters. The van der Waals surface area contributed by atoms with E-state index in [1.807, 2.05) is 11.8 Å². The van der Waals surface area contributed by atoms with Gasteiger partial charge in [-0.3, -0.25) is 4.99 Å². The molecule has 0 aromatic rings. The van der Waals surface area contributed by atoms with Crippen molar-refractivity contribution in [2.45, 2.75) is 37.9 Å². The Bertz CT molecular complexity index is 203. The molecule has 3 heteroatoms. The molecule has 1 fully saturated rings. The Balaban J connectivity index is 1.80. The molecule has 1 heterocycles. The highest BCUT2D eigenvalue weighted by molar-refractivity contribution is 8.14. The Labute approximate surface area is 84.6 Å². The molecule has 1 aliphatic carbocycles. The van der Waals surface area contributed by atoms with Gasteiger partial charge in [0.15, 0.2) is 5.17 Å². The number of nitrogens with zero attached hydrogens (tertiary/aromatic N) is 1. The average molecular weight is 198 g/mol. The first kappa shape index (κ1) is 9.38. The SMILES string of the molecule is CC1CCCC(SC2=NCCN2)C1. The van der Waals surface area contributed by atoms with Crippen LogP contribution in [0.4, 0.5) is 0 Å². The topological polar surface area (TPSA) is 24.4 Å². The number of thioether (sulfide) groups is 1. The number of rotatable bonds is 1. The molecule has 13 heavy (non-hydrogen) atoms. The Morgan fingerprint density at radius 2 is 2.38 bits per heavy atom. The highest BCUT2D eigenvalue weighted by atomic mass is 32.2. The van der Waals surface area contributed by atoms with Crippen molar-refractivity contribution in [1.29, 1.82) is 0 Å². The van der Waals surface area contributed by atoms with Crippen LogP contribution in [0.5, 0.6) is 0 Å². The van der Waals surface area contributed by atoms with Gasteiger partial charge < -0.3 is 5.32 Å². The molecule has 74 valence electrons. The van der Waals surface area contributed by atoms with Crippen LogP contribution in [0.2, 0.25) is 0 Å². The van der Waals surface area contributed by atoms with Gasteiger partial charge in [-0.15, -0.1) is 0 Å². The van der Waals surface area contributed by atoms with Crippen LogP contribution in [0, 0.1) is 5.92 Å². The van der Waals surface area contributed by atoms with Crippen molar-refractivity contribution in [1.82, 2.24) is 5.32 Å². The summed E-state index contributed by atoms with van der Waals surface area (Å²) in [5.74, 6) is 0.924. The lowest BCUT2D eigenvalue weighted by atomic mass is 9.91. The predicted octanol–water partition coefficient (Wildman–Crippen LogP) is 2.26. The summed E-state index contributed by atoms with van der Waals surface area (Å²) in [6.07, 6.45) is 5.60. The molecule has 1 saturated carbocycles. The van der Waals surface area contributed by atoms with Crippen molar-refractivity contribution in [3.63, 3.8) is 0 Å². The first-order chi connectivity index (χ1) is 6.34. The van der Waals surface area contributed by atoms with Crippen LogP contribution in [0.15, 0.2) is 4.99 Å². The highest BCUT2D eigenvalue weighted by Crippen LogP contribution is 2.32. The molecule has 1 aliphatic heterocycles. The van der Waals surface area contributed by atoms with Gasteiger partial charge in [0.05, 0.1) is 6.54 Å². The smallest absolute Gasteiger partial charge is 0.156 e. The number of hydrogen-bond acceptors (Lipinski definition) is 3. The molecule has 2 rings (SSSR count). The van der Waals surface area contributed by atoms with Crippen molar-refractivity contribution in [2.24, 2.45) is 10.9 Å². The number of hydrogen-bond donors (Lipinski definition) is 1. The van der Waals surface area contributed by atoms with Gasteiger partial charge in [-0.2, -0.15) is 0 Å². The van der Waals surface area contributed by atoms with Crippen LogP contribution in [-0.4, -0.2) is 23.5 Å². The summed E-state index contributed by atoms with van der Waals surface area (Å²) < 4.78 is 0. The zero-order valence-electron chi connectivity index (χ0n) is 8.25. The van der Waals surface area contributed by atoms with Crippen molar-refractivity contribution < 1.29 is 0 Å². The van der Waals surface area contributed by atoms with Gasteiger partial charge in [0.1, 0.15) is 0 Å². The Hall–Kier alpha value is -0.180. The molecule has 0 aromatic heterocycles. The van der Waals surface area contributed by atoms with Gasteiger partial charge in [-0.1, -0.05) is 31.5 Å². The summed E-state index contributed by atoms with van der Waals surface area (Å²) in [4.78, 5) is 4.42. The molecule has 0 aromatic carbocycles. The molecule has 2 nitrogen and oxygen atoms in total. The third-order valence-electron chi connectivity index (χ3n) is 2.81. The van der Waals surface area contributed by atoms with Gasteiger partial charge >= 0.3 is 0 Å². The van der Waals surface area contributed by atoms with E-state index in [9.17, 15) is 0 Å². The van der Waals surface area contributed by atoms with E-state index in [-0.39, 0.29) is 0 Å². The quantitative estimate of drug-likeness (QED) is 0.699. The Morgan fingerprint density at radius 1 is 1.46 bits per heavy atom. The van der Waals surface area contributed by atoms with Crippen LogP contribution in [0.25, 0.3) is 0 Å². The van der Waals surface area contributed by atoms with Crippen LogP contribution in [0.3, 0.4) is 0 Å². The maximum Gasteiger partial charge on any atom is 0.156 e. The predicted molar refractivity (Wildman–Crippen MR) is 59.3 cm³/mol. The monoisotopic (exact) mass is 198 g/mol. The largest absolute Gasteiger partial charge is 0.363 e. The Kier molecular flexibility index (Phi) is 3.14. The van der Waals surface area contributed by atoms with Gasteiger partial charge in [0, 0.05) is 11.8 Å². The van der Waals surface area contributed by atoms with E-state index >= 15 is 0 Å².